The van der Waals surface area contributed by atoms with Crippen LogP contribution in [0, 0.1) is 0 Å². The van der Waals surface area contributed by atoms with Crippen LogP contribution in [0.1, 0.15) is 34.6 Å². The fraction of sp³-hybridized carbons (Fsp3) is 1.00. The molecule has 0 fully saturated rings. The Labute approximate surface area is 71.3 Å². The Kier molecular flexibility index (Phi) is 38.1. The zero-order valence-corrected chi connectivity index (χ0v) is 9.38. The zero-order chi connectivity index (χ0) is 8.99. The molecule has 66 valence electrons. The molecular weight excluding hydrogens is 142 g/mol. The summed E-state index contributed by atoms with van der Waals surface area (Å²) >= 11 is 1.82. The maximum absolute atomic E-state index is 2.14. The van der Waals surface area contributed by atoms with Gasteiger partial charge >= 0.3 is 0 Å². The highest BCUT2D eigenvalue weighted by Gasteiger charge is 1.79. The first kappa shape index (κ1) is 16.7. The van der Waals surface area contributed by atoms with E-state index in [1.54, 1.807) is 0 Å². The lowest BCUT2D eigenvalue weighted by atomic mass is 11.0. The van der Waals surface area contributed by atoms with Gasteiger partial charge in [0.1, 0.15) is 0 Å². The maximum Gasteiger partial charge on any atom is 0.00522 e. The van der Waals surface area contributed by atoms with Crippen molar-refractivity contribution in [2.75, 3.05) is 19.8 Å². The van der Waals surface area contributed by atoms with Gasteiger partial charge in [-0.3, -0.25) is 4.31 Å². The number of nitrogens with zero attached hydrogens (tertiary/aromatic N) is 1. The van der Waals surface area contributed by atoms with Crippen molar-refractivity contribution in [1.82, 2.24) is 4.31 Å². The van der Waals surface area contributed by atoms with E-state index in [0.717, 1.165) is 0 Å². The van der Waals surface area contributed by atoms with Gasteiger partial charge in [0, 0.05) is 5.75 Å². The van der Waals surface area contributed by atoms with Crippen molar-refractivity contribution in [3.8, 4) is 0 Å². The van der Waals surface area contributed by atoms with Crippen molar-refractivity contribution in [2.24, 2.45) is 0 Å². The van der Waals surface area contributed by atoms with Gasteiger partial charge in [-0.25, -0.2) is 0 Å². The quantitative estimate of drug-likeness (QED) is 0.578. The third-order valence-electron chi connectivity index (χ3n) is 0.387. The van der Waals surface area contributed by atoms with Crippen LogP contribution < -0.4 is 0 Å². The molecule has 0 unspecified atom stereocenters. The molecule has 0 saturated heterocycles. The van der Waals surface area contributed by atoms with Crippen LogP contribution in [0.4, 0.5) is 0 Å². The minimum atomic E-state index is 1.17. The highest BCUT2D eigenvalue weighted by molar-refractivity contribution is 7.96. The second kappa shape index (κ2) is 22.8. The molecule has 0 aliphatic carbocycles. The van der Waals surface area contributed by atoms with E-state index in [0.29, 0.717) is 0 Å². The molecule has 0 spiro atoms. The predicted octanol–water partition coefficient (Wildman–Crippen LogP) is 3.27. The van der Waals surface area contributed by atoms with E-state index in [1.165, 1.54) is 5.75 Å². The van der Waals surface area contributed by atoms with Gasteiger partial charge in [0.25, 0.3) is 0 Å². The summed E-state index contributed by atoms with van der Waals surface area (Å²) in [4.78, 5) is 0. The van der Waals surface area contributed by atoms with E-state index < -0.39 is 0 Å². The SMILES string of the molecule is CC.CC.CCSN(C)C. The Bertz CT molecular complexity index is 30.4. The summed E-state index contributed by atoms with van der Waals surface area (Å²) in [5, 5.41) is 0. The lowest BCUT2D eigenvalue weighted by Crippen LogP contribution is -1.98. The Balaban J connectivity index is -0.000000105. The average Bonchev–Trinajstić information content (AvgIpc) is 1.96. The van der Waals surface area contributed by atoms with Crippen molar-refractivity contribution in [2.45, 2.75) is 34.6 Å². The third-order valence-corrected chi connectivity index (χ3v) is 1.16. The Morgan fingerprint density at radius 2 is 1.30 bits per heavy atom. The summed E-state index contributed by atoms with van der Waals surface area (Å²) in [5.41, 5.74) is 0. The minimum absolute atomic E-state index is 1.17. The molecule has 1 nitrogen and oxygen atoms in total. The van der Waals surface area contributed by atoms with Gasteiger partial charge in [-0.05, 0) is 14.1 Å². The molecule has 0 N–H and O–H groups in total. The van der Waals surface area contributed by atoms with E-state index >= 15 is 0 Å². The van der Waals surface area contributed by atoms with Crippen LogP contribution in [-0.2, 0) is 0 Å². The fourth-order valence-electron chi connectivity index (χ4n) is 0.258. The van der Waals surface area contributed by atoms with Crippen LogP contribution in [-0.4, -0.2) is 24.2 Å². The molecule has 0 aliphatic rings. The molecule has 0 atom stereocenters. The summed E-state index contributed by atoms with van der Waals surface area (Å²) in [7, 11) is 4.10. The molecule has 0 aromatic heterocycles. The lowest BCUT2D eigenvalue weighted by Gasteiger charge is -2.02. The van der Waals surface area contributed by atoms with Crippen molar-refractivity contribution in [3.05, 3.63) is 0 Å². The first-order valence-corrected chi connectivity index (χ1v) is 5.02. The lowest BCUT2D eigenvalue weighted by molar-refractivity contribution is 0.703. The van der Waals surface area contributed by atoms with E-state index in [-0.39, 0.29) is 0 Å². The first-order chi connectivity index (χ1) is 4.77. The topological polar surface area (TPSA) is 3.24 Å². The summed E-state index contributed by atoms with van der Waals surface area (Å²) in [6.07, 6.45) is 0. The first-order valence-electron chi connectivity index (χ1n) is 4.07. The van der Waals surface area contributed by atoms with Gasteiger partial charge < -0.3 is 0 Å². The van der Waals surface area contributed by atoms with E-state index in [1.807, 2.05) is 53.7 Å². The Morgan fingerprint density at radius 1 is 1.00 bits per heavy atom. The molecule has 0 aromatic rings. The molecule has 0 amide bonds. The van der Waals surface area contributed by atoms with Gasteiger partial charge in [0.15, 0.2) is 0 Å². The van der Waals surface area contributed by atoms with Crippen LogP contribution >= 0.6 is 11.9 Å². The Morgan fingerprint density at radius 3 is 1.30 bits per heavy atom. The summed E-state index contributed by atoms with van der Waals surface area (Å²) in [6.45, 7) is 10.1. The molecule has 0 aliphatic heterocycles. The van der Waals surface area contributed by atoms with Crippen molar-refractivity contribution in [3.63, 3.8) is 0 Å². The normalized spacial score (nSPS) is 7.20. The largest absolute Gasteiger partial charge is 0.257 e. The summed E-state index contributed by atoms with van der Waals surface area (Å²) in [5.74, 6) is 1.17. The molecule has 0 aromatic carbocycles. The molecular formula is C8H23NS. The third kappa shape index (κ3) is 40.5. The van der Waals surface area contributed by atoms with Crippen LogP contribution in [0.5, 0.6) is 0 Å². The van der Waals surface area contributed by atoms with Crippen molar-refractivity contribution in [1.29, 1.82) is 0 Å². The van der Waals surface area contributed by atoms with Crippen LogP contribution in [0.2, 0.25) is 0 Å². The van der Waals surface area contributed by atoms with Crippen LogP contribution in [0.15, 0.2) is 0 Å². The number of hydrogen-bond acceptors (Lipinski definition) is 2. The monoisotopic (exact) mass is 165 g/mol. The van der Waals surface area contributed by atoms with E-state index in [4.69, 9.17) is 0 Å². The van der Waals surface area contributed by atoms with E-state index in [2.05, 4.69) is 11.2 Å². The van der Waals surface area contributed by atoms with Gasteiger partial charge in [0.05, 0.1) is 0 Å². The molecule has 0 radical (unpaired) electrons. The minimum Gasteiger partial charge on any atom is -0.257 e. The van der Waals surface area contributed by atoms with Crippen LogP contribution in [0.3, 0.4) is 0 Å². The standard InChI is InChI=1S/C4H11NS.2C2H6/c1-4-6-5(2)3;2*1-2/h4H2,1-3H3;2*1-2H3. The van der Waals surface area contributed by atoms with Gasteiger partial charge in [0.2, 0.25) is 0 Å². The second-order valence-corrected chi connectivity index (χ2v) is 2.80. The second-order valence-electron chi connectivity index (χ2n) is 1.23. The molecule has 0 heterocycles. The van der Waals surface area contributed by atoms with Gasteiger partial charge in [-0.2, -0.15) is 0 Å². The van der Waals surface area contributed by atoms with Gasteiger partial charge in [-0.1, -0.05) is 46.6 Å². The molecule has 10 heavy (non-hydrogen) atoms. The van der Waals surface area contributed by atoms with Crippen molar-refractivity contribution >= 4 is 11.9 Å². The zero-order valence-electron chi connectivity index (χ0n) is 8.56. The molecule has 0 bridgehead atoms. The predicted molar refractivity (Wildman–Crippen MR) is 54.5 cm³/mol. The van der Waals surface area contributed by atoms with Crippen LogP contribution in [0.25, 0.3) is 0 Å². The molecule has 0 saturated carbocycles. The Hall–Kier alpha value is 0.310. The van der Waals surface area contributed by atoms with Crippen molar-refractivity contribution < 1.29 is 0 Å². The van der Waals surface area contributed by atoms with Gasteiger partial charge in [-0.15, -0.1) is 0 Å². The fourth-order valence-corrected chi connectivity index (χ4v) is 0.775. The number of rotatable bonds is 2. The number of hydrogen-bond donors (Lipinski definition) is 0. The summed E-state index contributed by atoms with van der Waals surface area (Å²) < 4.78 is 2.10. The molecule has 0 rings (SSSR count). The highest BCUT2D eigenvalue weighted by Crippen LogP contribution is 1.98. The average molecular weight is 165 g/mol. The summed E-state index contributed by atoms with van der Waals surface area (Å²) in [6, 6.07) is 0. The smallest absolute Gasteiger partial charge is 0.00522 e. The maximum atomic E-state index is 2.14. The molecule has 2 heteroatoms. The van der Waals surface area contributed by atoms with E-state index in [9.17, 15) is 0 Å². The highest BCUT2D eigenvalue weighted by atomic mass is 32.2.